The van der Waals surface area contributed by atoms with Crippen LogP contribution in [0.5, 0.6) is 0 Å². The molecule has 0 radical (unpaired) electrons. The second kappa shape index (κ2) is 3.79. The van der Waals surface area contributed by atoms with E-state index in [1.54, 1.807) is 5.01 Å². The fraction of sp³-hybridized carbons (Fsp3) is 0.727. The third-order valence-electron chi connectivity index (χ3n) is 3.34. The Kier molecular flexibility index (Phi) is 2.76. The molecule has 2 rings (SSSR count). The largest absolute Gasteiger partial charge is 0.316 e. The zero-order valence-electron chi connectivity index (χ0n) is 9.52. The molecule has 0 aromatic heterocycles. The predicted molar refractivity (Wildman–Crippen MR) is 64.7 cm³/mol. The molecule has 0 aliphatic heterocycles. The van der Waals surface area contributed by atoms with Gasteiger partial charge < -0.3 is 4.57 Å². The molecule has 3 nitrogen and oxygen atoms in total. The summed E-state index contributed by atoms with van der Waals surface area (Å²) in [6, 6.07) is 0. The van der Waals surface area contributed by atoms with Gasteiger partial charge in [-0.05, 0) is 32.6 Å². The first-order valence-electron chi connectivity index (χ1n) is 5.61. The van der Waals surface area contributed by atoms with E-state index in [2.05, 4.69) is 11.8 Å². The Morgan fingerprint density at radius 2 is 1.87 bits per heavy atom. The van der Waals surface area contributed by atoms with Crippen molar-refractivity contribution >= 4 is 13.9 Å². The van der Waals surface area contributed by atoms with Crippen molar-refractivity contribution in [2.24, 2.45) is 5.10 Å². The van der Waals surface area contributed by atoms with Crippen molar-refractivity contribution in [3.63, 3.8) is 0 Å². The van der Waals surface area contributed by atoms with E-state index in [1.165, 1.54) is 0 Å². The molecule has 0 spiro atoms. The Morgan fingerprint density at radius 3 is 2.13 bits per heavy atom. The minimum atomic E-state index is -2.17. The lowest BCUT2D eigenvalue weighted by molar-refractivity contribution is 0.466. The molecule has 84 valence electrons. The van der Waals surface area contributed by atoms with Gasteiger partial charge >= 0.3 is 0 Å². The smallest absolute Gasteiger partial charge is 0.138 e. The van der Waals surface area contributed by atoms with E-state index in [9.17, 15) is 4.57 Å². The number of allylic oxidation sites excluding steroid dienone is 1. The third kappa shape index (κ3) is 1.78. The third-order valence-corrected chi connectivity index (χ3v) is 7.81. The predicted octanol–water partition coefficient (Wildman–Crippen LogP) is 3.08. The van der Waals surface area contributed by atoms with Gasteiger partial charge in [-0.1, -0.05) is 6.08 Å². The van der Waals surface area contributed by atoms with Crippen molar-refractivity contribution in [3.05, 3.63) is 11.5 Å². The number of hydrazone groups is 1. The summed E-state index contributed by atoms with van der Waals surface area (Å²) in [5, 5.41) is 5.59. The molecule has 2 saturated carbocycles. The van der Waals surface area contributed by atoms with Crippen LogP contribution in [0.1, 0.15) is 32.6 Å². The fourth-order valence-electron chi connectivity index (χ4n) is 2.28. The van der Waals surface area contributed by atoms with Gasteiger partial charge in [0.05, 0.1) is 5.44 Å². The summed E-state index contributed by atoms with van der Waals surface area (Å²) >= 11 is 0. The van der Waals surface area contributed by atoms with Gasteiger partial charge in [-0.15, -0.1) is 0 Å². The number of hydrogen-bond acceptors (Lipinski definition) is 3. The maximum atomic E-state index is 13.1. The molecule has 0 saturated heterocycles. The standard InChI is InChI=1S/C11H19N2OP/c1-4-11(13(3)12-2)15(14,9-5-6-9)10-7-8-10/h4,9-10H,2,5-8H2,1,3H3/b11-4+. The second-order valence-corrected chi connectivity index (χ2v) is 7.82. The van der Waals surface area contributed by atoms with Crippen molar-refractivity contribution in [1.29, 1.82) is 0 Å². The van der Waals surface area contributed by atoms with Crippen LogP contribution >= 0.6 is 7.14 Å². The summed E-state index contributed by atoms with van der Waals surface area (Å²) in [7, 11) is -0.324. The summed E-state index contributed by atoms with van der Waals surface area (Å²) in [4.78, 5) is 0. The van der Waals surface area contributed by atoms with Crippen LogP contribution in [0.25, 0.3) is 0 Å². The van der Waals surface area contributed by atoms with E-state index in [0.717, 1.165) is 31.1 Å². The molecular formula is C11H19N2OP. The Morgan fingerprint density at radius 1 is 1.40 bits per heavy atom. The van der Waals surface area contributed by atoms with Crippen molar-refractivity contribution < 1.29 is 4.57 Å². The van der Waals surface area contributed by atoms with Crippen LogP contribution in [0.2, 0.25) is 0 Å². The average Bonchev–Trinajstić information content (AvgIpc) is 3.08. The van der Waals surface area contributed by atoms with Gasteiger partial charge in [0.15, 0.2) is 0 Å². The summed E-state index contributed by atoms with van der Waals surface area (Å²) in [6.45, 7) is 5.47. The van der Waals surface area contributed by atoms with Crippen LogP contribution in [0.4, 0.5) is 0 Å². The van der Waals surface area contributed by atoms with Gasteiger partial charge in [0.2, 0.25) is 0 Å². The lowest BCUT2D eigenvalue weighted by Crippen LogP contribution is -2.14. The molecule has 0 bridgehead atoms. The SMILES string of the molecule is C=NN(C)/C(=C\C)P(=O)(C1CC1)C1CC1. The van der Waals surface area contributed by atoms with Gasteiger partial charge in [0.1, 0.15) is 7.14 Å². The molecule has 0 amide bonds. The molecule has 0 unspecified atom stereocenters. The highest BCUT2D eigenvalue weighted by atomic mass is 31.2. The molecule has 0 N–H and O–H groups in total. The molecule has 4 heteroatoms. The van der Waals surface area contributed by atoms with Crippen LogP contribution in [0, 0.1) is 0 Å². The van der Waals surface area contributed by atoms with E-state index < -0.39 is 7.14 Å². The summed E-state index contributed by atoms with van der Waals surface area (Å²) < 4.78 is 13.1. The highest BCUT2D eigenvalue weighted by Gasteiger charge is 2.53. The Hall–Kier alpha value is -0.560. The molecule has 2 aliphatic rings. The van der Waals surface area contributed by atoms with Crippen LogP contribution in [-0.4, -0.2) is 30.1 Å². The fourth-order valence-corrected chi connectivity index (χ4v) is 6.37. The average molecular weight is 226 g/mol. The zero-order valence-corrected chi connectivity index (χ0v) is 10.4. The minimum absolute atomic E-state index is 0.445. The highest BCUT2D eigenvalue weighted by Crippen LogP contribution is 2.75. The quantitative estimate of drug-likeness (QED) is 0.410. The topological polar surface area (TPSA) is 32.7 Å². The highest BCUT2D eigenvalue weighted by molar-refractivity contribution is 7.70. The van der Waals surface area contributed by atoms with Gasteiger partial charge in [-0.2, -0.15) is 5.10 Å². The maximum Gasteiger partial charge on any atom is 0.138 e. The van der Waals surface area contributed by atoms with Crippen molar-refractivity contribution in [2.75, 3.05) is 7.05 Å². The lowest BCUT2D eigenvalue weighted by atomic mass is 10.7. The first kappa shape index (κ1) is 10.9. The van der Waals surface area contributed by atoms with Crippen molar-refractivity contribution in [3.8, 4) is 0 Å². The van der Waals surface area contributed by atoms with E-state index >= 15 is 0 Å². The molecule has 15 heavy (non-hydrogen) atoms. The van der Waals surface area contributed by atoms with Crippen molar-refractivity contribution in [1.82, 2.24) is 5.01 Å². The zero-order chi connectivity index (χ0) is 11.1. The molecule has 0 atom stereocenters. The first-order valence-corrected chi connectivity index (χ1v) is 7.45. The van der Waals surface area contributed by atoms with Gasteiger partial charge in [0, 0.05) is 25.1 Å². The van der Waals surface area contributed by atoms with Gasteiger partial charge in [-0.25, -0.2) is 0 Å². The number of hydrogen-bond donors (Lipinski definition) is 0. The monoisotopic (exact) mass is 226 g/mol. The summed E-state index contributed by atoms with van der Waals surface area (Å²) in [5.41, 5.74) is 1.82. The van der Waals surface area contributed by atoms with Crippen LogP contribution in [0.3, 0.4) is 0 Å². The molecule has 0 aromatic carbocycles. The van der Waals surface area contributed by atoms with Gasteiger partial charge in [-0.3, -0.25) is 5.01 Å². The maximum absolute atomic E-state index is 13.1. The van der Waals surface area contributed by atoms with Crippen LogP contribution in [0.15, 0.2) is 16.6 Å². The Bertz CT molecular complexity index is 326. The normalized spacial score (nSPS) is 22.7. The van der Waals surface area contributed by atoms with E-state index in [0.29, 0.717) is 11.3 Å². The molecule has 2 fully saturated rings. The Balaban J connectivity index is 2.30. The minimum Gasteiger partial charge on any atom is -0.316 e. The summed E-state index contributed by atoms with van der Waals surface area (Å²) in [6.07, 6.45) is 6.50. The molecular weight excluding hydrogens is 207 g/mol. The lowest BCUT2D eigenvalue weighted by Gasteiger charge is -2.26. The number of nitrogens with zero attached hydrogens (tertiary/aromatic N) is 2. The molecule has 0 heterocycles. The Labute approximate surface area is 91.6 Å². The van der Waals surface area contributed by atoms with E-state index in [4.69, 9.17) is 0 Å². The van der Waals surface area contributed by atoms with Crippen LogP contribution < -0.4 is 0 Å². The number of rotatable bonds is 5. The van der Waals surface area contributed by atoms with E-state index in [1.807, 2.05) is 20.0 Å². The van der Waals surface area contributed by atoms with Crippen LogP contribution in [-0.2, 0) is 4.57 Å². The van der Waals surface area contributed by atoms with E-state index in [-0.39, 0.29) is 0 Å². The van der Waals surface area contributed by atoms with Gasteiger partial charge in [0.25, 0.3) is 0 Å². The second-order valence-electron chi connectivity index (χ2n) is 4.48. The van der Waals surface area contributed by atoms with Crippen molar-refractivity contribution in [2.45, 2.75) is 43.9 Å². The molecule has 2 aliphatic carbocycles. The first-order chi connectivity index (χ1) is 7.14. The molecule has 0 aromatic rings. The summed E-state index contributed by atoms with van der Waals surface area (Å²) in [5.74, 6) is 0.